The van der Waals surface area contributed by atoms with Crippen LogP contribution in [0.15, 0.2) is 46.7 Å². The van der Waals surface area contributed by atoms with Crippen LogP contribution in [0, 0.1) is 0 Å². The molecule has 2 rings (SSSR count). The van der Waals surface area contributed by atoms with E-state index in [-0.39, 0.29) is 6.61 Å². The first-order chi connectivity index (χ1) is 10.1. The summed E-state index contributed by atoms with van der Waals surface area (Å²) in [7, 11) is -3.48. The van der Waals surface area contributed by atoms with Gasteiger partial charge in [0.25, 0.3) is 0 Å². The van der Waals surface area contributed by atoms with Gasteiger partial charge in [-0.05, 0) is 35.6 Å². The van der Waals surface area contributed by atoms with Crippen LogP contribution in [0.1, 0.15) is 17.4 Å². The molecule has 0 saturated carbocycles. The zero-order valence-electron chi connectivity index (χ0n) is 11.9. The van der Waals surface area contributed by atoms with Crippen LogP contribution in [0.3, 0.4) is 0 Å². The molecule has 1 aromatic heterocycles. The van der Waals surface area contributed by atoms with Gasteiger partial charge < -0.3 is 5.11 Å². The lowest BCUT2D eigenvalue weighted by Gasteiger charge is -2.20. The highest BCUT2D eigenvalue weighted by Gasteiger charge is 2.23. The smallest absolute Gasteiger partial charge is 0.243 e. The van der Waals surface area contributed by atoms with Crippen LogP contribution in [0.2, 0.25) is 0 Å². The van der Waals surface area contributed by atoms with Gasteiger partial charge in [-0.15, -0.1) is 11.3 Å². The monoisotopic (exact) mass is 325 g/mol. The van der Waals surface area contributed by atoms with E-state index in [9.17, 15) is 8.42 Å². The predicted octanol–water partition coefficient (Wildman–Crippen LogP) is 2.49. The molecule has 0 fully saturated rings. The Morgan fingerprint density at radius 1 is 1.19 bits per heavy atom. The number of sulfonamides is 1. The summed E-state index contributed by atoms with van der Waals surface area (Å²) in [5, 5.41) is 10.8. The summed E-state index contributed by atoms with van der Waals surface area (Å²) in [6, 6.07) is 10.6. The maximum atomic E-state index is 12.6. The number of aliphatic hydroxyl groups excluding tert-OH is 1. The summed E-state index contributed by atoms with van der Waals surface area (Å²) >= 11 is 1.55. The molecule has 6 heteroatoms. The number of hydrogen-bond donors (Lipinski definition) is 1. The Kier molecular flexibility index (Phi) is 5.52. The largest absolute Gasteiger partial charge is 0.396 e. The van der Waals surface area contributed by atoms with E-state index in [0.717, 1.165) is 10.4 Å². The van der Waals surface area contributed by atoms with E-state index < -0.39 is 10.0 Å². The Morgan fingerprint density at radius 3 is 2.43 bits per heavy atom. The van der Waals surface area contributed by atoms with E-state index in [1.54, 1.807) is 35.6 Å². The molecule has 2 aromatic rings. The minimum atomic E-state index is -3.48. The third kappa shape index (κ3) is 3.91. The molecule has 0 amide bonds. The molecule has 0 aliphatic heterocycles. The molecular weight excluding hydrogens is 306 g/mol. The van der Waals surface area contributed by atoms with Crippen LogP contribution >= 0.6 is 11.3 Å². The van der Waals surface area contributed by atoms with Crippen molar-refractivity contribution < 1.29 is 13.5 Å². The molecule has 21 heavy (non-hydrogen) atoms. The van der Waals surface area contributed by atoms with Gasteiger partial charge in [0.15, 0.2) is 0 Å². The summed E-state index contributed by atoms with van der Waals surface area (Å²) < 4.78 is 26.8. The first-order valence-electron chi connectivity index (χ1n) is 6.80. The van der Waals surface area contributed by atoms with E-state index in [2.05, 4.69) is 0 Å². The second kappa shape index (κ2) is 7.17. The van der Waals surface area contributed by atoms with Crippen molar-refractivity contribution in [3.8, 4) is 0 Å². The number of nitrogens with zero attached hydrogens (tertiary/aromatic N) is 1. The molecule has 114 valence electrons. The van der Waals surface area contributed by atoms with E-state index in [0.29, 0.717) is 24.4 Å². The third-order valence-electron chi connectivity index (χ3n) is 3.23. The van der Waals surface area contributed by atoms with Gasteiger partial charge in [-0.1, -0.05) is 25.1 Å². The van der Waals surface area contributed by atoms with E-state index in [4.69, 9.17) is 5.11 Å². The Labute approximate surface area is 129 Å². The van der Waals surface area contributed by atoms with Crippen molar-refractivity contribution in [2.75, 3.05) is 13.2 Å². The minimum Gasteiger partial charge on any atom is -0.396 e. The quantitative estimate of drug-likeness (QED) is 0.851. The van der Waals surface area contributed by atoms with Crippen molar-refractivity contribution in [1.29, 1.82) is 0 Å². The molecule has 0 saturated heterocycles. The molecule has 1 heterocycles. The lowest BCUT2D eigenvalue weighted by molar-refractivity contribution is 0.299. The molecule has 1 N–H and O–H groups in total. The first-order valence-corrected chi connectivity index (χ1v) is 9.12. The molecule has 0 aliphatic carbocycles. The molecule has 0 spiro atoms. The number of benzene rings is 1. The van der Waals surface area contributed by atoms with Gasteiger partial charge in [-0.2, -0.15) is 4.31 Å². The van der Waals surface area contributed by atoms with Crippen molar-refractivity contribution >= 4 is 21.4 Å². The highest BCUT2D eigenvalue weighted by Crippen LogP contribution is 2.20. The zero-order valence-corrected chi connectivity index (χ0v) is 13.5. The number of hydrogen-bond acceptors (Lipinski definition) is 4. The van der Waals surface area contributed by atoms with Gasteiger partial charge in [-0.25, -0.2) is 8.42 Å². The maximum absolute atomic E-state index is 12.6. The van der Waals surface area contributed by atoms with Crippen LogP contribution in [-0.2, 0) is 23.0 Å². The van der Waals surface area contributed by atoms with Gasteiger partial charge in [0.2, 0.25) is 10.0 Å². The average Bonchev–Trinajstić information content (AvgIpc) is 2.98. The van der Waals surface area contributed by atoms with Crippen molar-refractivity contribution in [2.45, 2.75) is 24.8 Å². The fraction of sp³-hybridized carbons (Fsp3) is 0.333. The van der Waals surface area contributed by atoms with Gasteiger partial charge in [0, 0.05) is 24.6 Å². The second-order valence-corrected chi connectivity index (χ2v) is 7.60. The van der Waals surface area contributed by atoms with E-state index >= 15 is 0 Å². The lowest BCUT2D eigenvalue weighted by atomic mass is 10.2. The summed E-state index contributed by atoms with van der Waals surface area (Å²) in [6.07, 6.45) is 0.535. The van der Waals surface area contributed by atoms with E-state index in [1.807, 2.05) is 24.4 Å². The molecule has 4 nitrogen and oxygen atoms in total. The Balaban J connectivity index is 2.22. The molecule has 1 aromatic carbocycles. The zero-order chi connectivity index (χ0) is 15.3. The maximum Gasteiger partial charge on any atom is 0.243 e. The van der Waals surface area contributed by atoms with Crippen LogP contribution in [0.4, 0.5) is 0 Å². The topological polar surface area (TPSA) is 57.6 Å². The highest BCUT2D eigenvalue weighted by molar-refractivity contribution is 7.89. The summed E-state index contributed by atoms with van der Waals surface area (Å²) in [6.45, 7) is 2.73. The Bertz CT molecular complexity index is 649. The summed E-state index contributed by atoms with van der Waals surface area (Å²) in [5.74, 6) is 0. The van der Waals surface area contributed by atoms with Gasteiger partial charge in [0.05, 0.1) is 4.90 Å². The van der Waals surface area contributed by atoms with Crippen LogP contribution in [-0.4, -0.2) is 31.0 Å². The van der Waals surface area contributed by atoms with Crippen molar-refractivity contribution in [1.82, 2.24) is 4.31 Å². The lowest BCUT2D eigenvalue weighted by Crippen LogP contribution is -2.30. The molecular formula is C15H19NO3S2. The standard InChI is InChI=1S/C15H19NO3S2/c1-2-16(12-14-4-3-11-20-14)21(18,19)15-7-5-13(6-8-15)9-10-17/h3-8,11,17H,2,9-10,12H2,1H3. The van der Waals surface area contributed by atoms with Crippen molar-refractivity contribution in [3.05, 3.63) is 52.2 Å². The second-order valence-electron chi connectivity index (χ2n) is 4.63. The molecule has 0 aliphatic rings. The molecule has 0 bridgehead atoms. The van der Waals surface area contributed by atoms with Gasteiger partial charge >= 0.3 is 0 Å². The van der Waals surface area contributed by atoms with Crippen molar-refractivity contribution in [2.24, 2.45) is 0 Å². The van der Waals surface area contributed by atoms with Crippen LogP contribution < -0.4 is 0 Å². The Hall–Kier alpha value is -1.21. The third-order valence-corrected chi connectivity index (χ3v) is 6.02. The van der Waals surface area contributed by atoms with Crippen LogP contribution in [0.5, 0.6) is 0 Å². The average molecular weight is 325 g/mol. The van der Waals surface area contributed by atoms with E-state index in [1.165, 1.54) is 4.31 Å². The fourth-order valence-electron chi connectivity index (χ4n) is 2.05. The predicted molar refractivity (Wildman–Crippen MR) is 84.8 cm³/mol. The normalized spacial score (nSPS) is 12.0. The highest BCUT2D eigenvalue weighted by atomic mass is 32.2. The summed E-state index contributed by atoms with van der Waals surface area (Å²) in [5.41, 5.74) is 0.928. The molecule has 0 radical (unpaired) electrons. The fourth-order valence-corrected chi connectivity index (χ4v) is 4.28. The number of aliphatic hydroxyl groups is 1. The van der Waals surface area contributed by atoms with Crippen molar-refractivity contribution in [3.63, 3.8) is 0 Å². The Morgan fingerprint density at radius 2 is 1.90 bits per heavy atom. The number of rotatable bonds is 7. The summed E-state index contributed by atoms with van der Waals surface area (Å²) in [4.78, 5) is 1.32. The molecule has 0 atom stereocenters. The van der Waals surface area contributed by atoms with Crippen LogP contribution in [0.25, 0.3) is 0 Å². The van der Waals surface area contributed by atoms with Gasteiger partial charge in [-0.3, -0.25) is 0 Å². The SMILES string of the molecule is CCN(Cc1cccs1)S(=O)(=O)c1ccc(CCO)cc1. The van der Waals surface area contributed by atoms with Gasteiger partial charge in [0.1, 0.15) is 0 Å². The first kappa shape index (κ1) is 16.2. The number of thiophene rings is 1. The minimum absolute atomic E-state index is 0.0611. The molecule has 0 unspecified atom stereocenters.